The van der Waals surface area contributed by atoms with E-state index in [1.165, 1.54) is 19.3 Å². The molecule has 0 aromatic heterocycles. The van der Waals surface area contributed by atoms with Crippen LogP contribution in [-0.4, -0.2) is 17.9 Å². The number of benzene rings is 1. The second-order valence-electron chi connectivity index (χ2n) is 5.61. The fourth-order valence-electron chi connectivity index (χ4n) is 2.74. The first-order chi connectivity index (χ1) is 10.2. The molecule has 0 spiro atoms. The lowest BCUT2D eigenvalue weighted by Gasteiger charge is -2.26. The molecule has 2 N–H and O–H groups in total. The highest BCUT2D eigenvalue weighted by molar-refractivity contribution is 5.88. The van der Waals surface area contributed by atoms with Gasteiger partial charge in [-0.2, -0.15) is 0 Å². The predicted molar refractivity (Wildman–Crippen MR) is 82.6 cm³/mol. The van der Waals surface area contributed by atoms with E-state index >= 15 is 0 Å². The second-order valence-corrected chi connectivity index (χ2v) is 5.61. The summed E-state index contributed by atoms with van der Waals surface area (Å²) < 4.78 is 0. The Bertz CT molecular complexity index is 467. The smallest absolute Gasteiger partial charge is 0.247 e. The summed E-state index contributed by atoms with van der Waals surface area (Å²) in [5, 5.41) is 5.91. The third-order valence-electron chi connectivity index (χ3n) is 3.97. The molecule has 2 rings (SSSR count). The average Bonchev–Trinajstić information content (AvgIpc) is 2.54. The van der Waals surface area contributed by atoms with E-state index < -0.39 is 6.04 Å². The molecule has 0 heterocycles. The van der Waals surface area contributed by atoms with Crippen LogP contribution in [0.2, 0.25) is 0 Å². The van der Waals surface area contributed by atoms with Gasteiger partial charge in [0, 0.05) is 12.5 Å². The summed E-state index contributed by atoms with van der Waals surface area (Å²) in [5.74, 6) is -0.211. The summed E-state index contributed by atoms with van der Waals surface area (Å²) in [6, 6.07) is 9.07. The Morgan fingerprint density at radius 2 is 1.81 bits per heavy atom. The zero-order chi connectivity index (χ0) is 15.1. The third-order valence-corrected chi connectivity index (χ3v) is 3.97. The number of rotatable bonds is 5. The SMILES string of the molecule is CCC(=O)NC(C(=O)NC1CCCCC1)c1ccccc1. The minimum atomic E-state index is -0.597. The number of hydrogen-bond donors (Lipinski definition) is 2. The highest BCUT2D eigenvalue weighted by Crippen LogP contribution is 2.19. The summed E-state index contributed by atoms with van der Waals surface area (Å²) in [5.41, 5.74) is 0.826. The molecule has 4 nitrogen and oxygen atoms in total. The van der Waals surface area contributed by atoms with Gasteiger partial charge in [-0.3, -0.25) is 9.59 Å². The van der Waals surface area contributed by atoms with E-state index in [0.29, 0.717) is 6.42 Å². The fourth-order valence-corrected chi connectivity index (χ4v) is 2.74. The van der Waals surface area contributed by atoms with Gasteiger partial charge in [0.15, 0.2) is 0 Å². The predicted octanol–water partition coefficient (Wildman–Crippen LogP) is 2.70. The molecule has 0 radical (unpaired) electrons. The third kappa shape index (κ3) is 4.59. The van der Waals surface area contributed by atoms with Crippen molar-refractivity contribution in [2.24, 2.45) is 0 Å². The van der Waals surface area contributed by atoms with Crippen molar-refractivity contribution in [1.82, 2.24) is 10.6 Å². The van der Waals surface area contributed by atoms with Crippen LogP contribution < -0.4 is 10.6 Å². The first-order valence-electron chi connectivity index (χ1n) is 7.85. The summed E-state index contributed by atoms with van der Waals surface area (Å²) in [4.78, 5) is 24.2. The van der Waals surface area contributed by atoms with Crippen molar-refractivity contribution < 1.29 is 9.59 Å². The van der Waals surface area contributed by atoms with Gasteiger partial charge in [0.25, 0.3) is 0 Å². The highest BCUT2D eigenvalue weighted by Gasteiger charge is 2.25. The van der Waals surface area contributed by atoms with Gasteiger partial charge in [0.2, 0.25) is 11.8 Å². The topological polar surface area (TPSA) is 58.2 Å². The number of amides is 2. The first kappa shape index (κ1) is 15.5. The van der Waals surface area contributed by atoms with Crippen LogP contribution in [0, 0.1) is 0 Å². The Kier molecular flexibility index (Phi) is 5.78. The van der Waals surface area contributed by atoms with Crippen molar-refractivity contribution in [1.29, 1.82) is 0 Å². The van der Waals surface area contributed by atoms with Gasteiger partial charge in [-0.25, -0.2) is 0 Å². The largest absolute Gasteiger partial charge is 0.351 e. The molecule has 1 aliphatic rings. The fraction of sp³-hybridized carbons (Fsp3) is 0.529. The maximum absolute atomic E-state index is 12.5. The van der Waals surface area contributed by atoms with Crippen LogP contribution in [0.1, 0.15) is 57.1 Å². The quantitative estimate of drug-likeness (QED) is 0.875. The lowest BCUT2D eigenvalue weighted by atomic mass is 9.95. The zero-order valence-electron chi connectivity index (χ0n) is 12.6. The number of carbonyl (C=O) groups is 2. The van der Waals surface area contributed by atoms with E-state index in [1.807, 2.05) is 30.3 Å². The van der Waals surface area contributed by atoms with Gasteiger partial charge in [-0.1, -0.05) is 56.5 Å². The first-order valence-corrected chi connectivity index (χ1v) is 7.85. The maximum Gasteiger partial charge on any atom is 0.247 e. The van der Waals surface area contributed by atoms with Crippen LogP contribution in [0.25, 0.3) is 0 Å². The summed E-state index contributed by atoms with van der Waals surface area (Å²) in [6.07, 6.45) is 6.04. The lowest BCUT2D eigenvalue weighted by molar-refractivity contribution is -0.129. The second kappa shape index (κ2) is 7.81. The molecule has 1 saturated carbocycles. The minimum Gasteiger partial charge on any atom is -0.351 e. The van der Waals surface area contributed by atoms with E-state index in [-0.39, 0.29) is 17.9 Å². The maximum atomic E-state index is 12.5. The van der Waals surface area contributed by atoms with Crippen LogP contribution in [-0.2, 0) is 9.59 Å². The van der Waals surface area contributed by atoms with Crippen molar-refractivity contribution >= 4 is 11.8 Å². The molecule has 0 bridgehead atoms. The molecular formula is C17H24N2O2. The standard InChI is InChI=1S/C17H24N2O2/c1-2-15(20)19-16(13-9-5-3-6-10-13)17(21)18-14-11-7-4-8-12-14/h3,5-6,9-10,14,16H,2,4,7-8,11-12H2,1H3,(H,18,21)(H,19,20). The Morgan fingerprint density at radius 1 is 1.14 bits per heavy atom. The van der Waals surface area contributed by atoms with E-state index in [4.69, 9.17) is 0 Å². The van der Waals surface area contributed by atoms with Gasteiger partial charge in [-0.15, -0.1) is 0 Å². The van der Waals surface area contributed by atoms with Crippen molar-refractivity contribution in [2.75, 3.05) is 0 Å². The van der Waals surface area contributed by atoms with Gasteiger partial charge >= 0.3 is 0 Å². The monoisotopic (exact) mass is 288 g/mol. The normalized spacial score (nSPS) is 17.0. The van der Waals surface area contributed by atoms with Gasteiger partial charge in [-0.05, 0) is 18.4 Å². The number of nitrogens with one attached hydrogen (secondary N) is 2. The molecule has 0 aliphatic heterocycles. The van der Waals surface area contributed by atoms with E-state index in [1.54, 1.807) is 6.92 Å². The van der Waals surface area contributed by atoms with Crippen LogP contribution in [0.15, 0.2) is 30.3 Å². The Hall–Kier alpha value is -1.84. The molecule has 1 fully saturated rings. The highest BCUT2D eigenvalue weighted by atomic mass is 16.2. The molecule has 1 aromatic carbocycles. The van der Waals surface area contributed by atoms with Gasteiger partial charge < -0.3 is 10.6 Å². The van der Waals surface area contributed by atoms with E-state index in [9.17, 15) is 9.59 Å². The molecule has 1 atom stereocenters. The van der Waals surface area contributed by atoms with Crippen LogP contribution in [0.4, 0.5) is 0 Å². The molecule has 1 aromatic rings. The zero-order valence-corrected chi connectivity index (χ0v) is 12.6. The van der Waals surface area contributed by atoms with Crippen molar-refractivity contribution in [3.8, 4) is 0 Å². The summed E-state index contributed by atoms with van der Waals surface area (Å²) in [6.45, 7) is 1.79. The average molecular weight is 288 g/mol. The summed E-state index contributed by atoms with van der Waals surface area (Å²) >= 11 is 0. The van der Waals surface area contributed by atoms with E-state index in [2.05, 4.69) is 10.6 Å². The van der Waals surface area contributed by atoms with Crippen LogP contribution in [0.5, 0.6) is 0 Å². The molecular weight excluding hydrogens is 264 g/mol. The Morgan fingerprint density at radius 3 is 2.43 bits per heavy atom. The van der Waals surface area contributed by atoms with Crippen molar-refractivity contribution in [3.05, 3.63) is 35.9 Å². The molecule has 1 aliphatic carbocycles. The molecule has 114 valence electrons. The minimum absolute atomic E-state index is 0.102. The molecule has 1 unspecified atom stereocenters. The molecule has 4 heteroatoms. The van der Waals surface area contributed by atoms with Crippen LogP contribution in [0.3, 0.4) is 0 Å². The Balaban J connectivity index is 2.06. The van der Waals surface area contributed by atoms with Crippen molar-refractivity contribution in [2.45, 2.75) is 57.5 Å². The molecule has 0 saturated heterocycles. The Labute approximate surface area is 126 Å². The lowest BCUT2D eigenvalue weighted by Crippen LogP contribution is -2.44. The van der Waals surface area contributed by atoms with Crippen molar-refractivity contribution in [3.63, 3.8) is 0 Å². The number of hydrogen-bond acceptors (Lipinski definition) is 2. The van der Waals surface area contributed by atoms with Gasteiger partial charge in [0.1, 0.15) is 6.04 Å². The van der Waals surface area contributed by atoms with Crippen LogP contribution >= 0.6 is 0 Å². The summed E-state index contributed by atoms with van der Waals surface area (Å²) in [7, 11) is 0. The van der Waals surface area contributed by atoms with E-state index in [0.717, 1.165) is 18.4 Å². The van der Waals surface area contributed by atoms with Gasteiger partial charge in [0.05, 0.1) is 0 Å². The number of carbonyl (C=O) groups excluding carboxylic acids is 2. The molecule has 2 amide bonds. The molecule has 21 heavy (non-hydrogen) atoms.